The number of carbonyl (C=O) groups is 1. The van der Waals surface area contributed by atoms with Crippen LogP contribution in [0.1, 0.15) is 70.6 Å². The Bertz CT molecular complexity index is 194. The van der Waals surface area contributed by atoms with Crippen LogP contribution in [0, 0.1) is 0 Å². The molecule has 0 aliphatic rings. The largest absolute Gasteiger partial charge is 0.481 e. The Balaban J connectivity index is 3.01. The zero-order valence-electron chi connectivity index (χ0n) is 11.3. The van der Waals surface area contributed by atoms with Crippen LogP contribution in [0.15, 0.2) is 0 Å². The summed E-state index contributed by atoms with van der Waals surface area (Å²) in [7, 11) is 0. The molecule has 1 atom stereocenters. The summed E-state index contributed by atoms with van der Waals surface area (Å²) in [6.07, 6.45) is 10.3. The van der Waals surface area contributed by atoms with E-state index in [1.54, 1.807) is 0 Å². The van der Waals surface area contributed by atoms with Gasteiger partial charge in [0, 0.05) is 6.42 Å². The lowest BCUT2D eigenvalue weighted by Gasteiger charge is -2.06. The molecule has 0 radical (unpaired) electrons. The summed E-state index contributed by atoms with van der Waals surface area (Å²) < 4.78 is 0. The van der Waals surface area contributed by atoms with Gasteiger partial charge < -0.3 is 15.3 Å². The lowest BCUT2D eigenvalue weighted by atomic mass is 10.0. The highest BCUT2D eigenvalue weighted by molar-refractivity contribution is 5.66. The summed E-state index contributed by atoms with van der Waals surface area (Å²) in [5, 5.41) is 26.2. The topological polar surface area (TPSA) is 77.8 Å². The van der Waals surface area contributed by atoms with Crippen LogP contribution in [-0.2, 0) is 4.79 Å². The van der Waals surface area contributed by atoms with Gasteiger partial charge in [0.15, 0.2) is 0 Å². The molecular weight excluding hydrogens is 232 g/mol. The van der Waals surface area contributed by atoms with E-state index in [0.717, 1.165) is 32.1 Å². The molecule has 0 heterocycles. The van der Waals surface area contributed by atoms with E-state index < -0.39 is 12.1 Å². The number of carboxylic acid groups (broad SMARTS) is 1. The van der Waals surface area contributed by atoms with Gasteiger partial charge in [0.05, 0.1) is 12.7 Å². The smallest absolute Gasteiger partial charge is 0.303 e. The summed E-state index contributed by atoms with van der Waals surface area (Å²) in [5.41, 5.74) is 0. The molecule has 0 saturated carbocycles. The minimum Gasteiger partial charge on any atom is -0.481 e. The second kappa shape index (κ2) is 12.8. The standard InChI is InChI=1S/C14H28O4/c15-12-13(16)10-8-6-4-2-1-3-5-7-9-11-14(17)18/h13,15-16H,1-12H2,(H,17,18). The maximum Gasteiger partial charge on any atom is 0.303 e. The van der Waals surface area contributed by atoms with Crippen molar-refractivity contribution in [3.05, 3.63) is 0 Å². The first-order valence-electron chi connectivity index (χ1n) is 7.17. The third-order valence-corrected chi connectivity index (χ3v) is 3.14. The molecule has 0 aliphatic carbocycles. The molecule has 108 valence electrons. The van der Waals surface area contributed by atoms with Crippen LogP contribution in [-0.4, -0.2) is 34.0 Å². The van der Waals surface area contributed by atoms with E-state index in [0.29, 0.717) is 12.8 Å². The van der Waals surface area contributed by atoms with Crippen LogP contribution < -0.4 is 0 Å². The summed E-state index contributed by atoms with van der Waals surface area (Å²) in [4.78, 5) is 10.3. The maximum absolute atomic E-state index is 10.3. The number of hydrogen-bond acceptors (Lipinski definition) is 3. The number of aliphatic hydroxyl groups is 2. The molecule has 0 amide bonds. The van der Waals surface area contributed by atoms with Crippen LogP contribution in [0.3, 0.4) is 0 Å². The predicted octanol–water partition coefficient (Wildman–Crippen LogP) is 2.72. The number of rotatable bonds is 13. The average molecular weight is 260 g/mol. The molecule has 0 aliphatic heterocycles. The lowest BCUT2D eigenvalue weighted by molar-refractivity contribution is -0.137. The Morgan fingerprint density at radius 2 is 1.28 bits per heavy atom. The SMILES string of the molecule is O=C(O)CCCCCCCCCCCC(O)CO. The van der Waals surface area contributed by atoms with Gasteiger partial charge in [-0.15, -0.1) is 0 Å². The van der Waals surface area contributed by atoms with Crippen molar-refractivity contribution in [2.24, 2.45) is 0 Å². The first-order chi connectivity index (χ1) is 8.66. The highest BCUT2D eigenvalue weighted by Gasteiger charge is 2.00. The fourth-order valence-electron chi connectivity index (χ4n) is 1.98. The monoisotopic (exact) mass is 260 g/mol. The Hall–Kier alpha value is -0.610. The summed E-state index contributed by atoms with van der Waals surface area (Å²) in [5.74, 6) is -0.694. The van der Waals surface area contributed by atoms with Crippen molar-refractivity contribution in [2.75, 3.05) is 6.61 Å². The fourth-order valence-corrected chi connectivity index (χ4v) is 1.98. The number of aliphatic carboxylic acids is 1. The molecule has 4 heteroatoms. The van der Waals surface area contributed by atoms with Crippen LogP contribution in [0.5, 0.6) is 0 Å². The van der Waals surface area contributed by atoms with E-state index >= 15 is 0 Å². The molecule has 18 heavy (non-hydrogen) atoms. The van der Waals surface area contributed by atoms with E-state index in [1.807, 2.05) is 0 Å². The third kappa shape index (κ3) is 13.5. The van der Waals surface area contributed by atoms with Crippen molar-refractivity contribution in [3.63, 3.8) is 0 Å². The van der Waals surface area contributed by atoms with Gasteiger partial charge >= 0.3 is 5.97 Å². The van der Waals surface area contributed by atoms with Crippen LogP contribution in [0.2, 0.25) is 0 Å². The molecule has 0 spiro atoms. The molecule has 3 N–H and O–H groups in total. The second-order valence-electron chi connectivity index (χ2n) is 4.95. The lowest BCUT2D eigenvalue weighted by Crippen LogP contribution is -2.10. The molecule has 0 aromatic heterocycles. The third-order valence-electron chi connectivity index (χ3n) is 3.14. The van der Waals surface area contributed by atoms with E-state index in [4.69, 9.17) is 15.3 Å². The van der Waals surface area contributed by atoms with Gasteiger partial charge in [-0.3, -0.25) is 4.79 Å². The Kier molecular flexibility index (Phi) is 12.4. The van der Waals surface area contributed by atoms with Gasteiger partial charge in [-0.2, -0.15) is 0 Å². The van der Waals surface area contributed by atoms with Gasteiger partial charge in [0.1, 0.15) is 0 Å². The van der Waals surface area contributed by atoms with Crippen molar-refractivity contribution in [1.29, 1.82) is 0 Å². The van der Waals surface area contributed by atoms with Gasteiger partial charge in [0.2, 0.25) is 0 Å². The van der Waals surface area contributed by atoms with Gasteiger partial charge in [-0.05, 0) is 12.8 Å². The molecule has 4 nitrogen and oxygen atoms in total. The molecule has 0 rings (SSSR count). The zero-order chi connectivity index (χ0) is 13.6. The van der Waals surface area contributed by atoms with Crippen molar-refractivity contribution in [2.45, 2.75) is 76.7 Å². The van der Waals surface area contributed by atoms with Crippen molar-refractivity contribution >= 4 is 5.97 Å². The molecule has 1 unspecified atom stereocenters. The highest BCUT2D eigenvalue weighted by atomic mass is 16.4. The van der Waals surface area contributed by atoms with Gasteiger partial charge in [-0.1, -0.05) is 51.4 Å². The molecule has 0 aromatic carbocycles. The summed E-state index contributed by atoms with van der Waals surface area (Å²) in [6, 6.07) is 0. The highest BCUT2D eigenvalue weighted by Crippen LogP contribution is 2.11. The minimum atomic E-state index is -0.694. The summed E-state index contributed by atoms with van der Waals surface area (Å²) >= 11 is 0. The van der Waals surface area contributed by atoms with Crippen LogP contribution in [0.4, 0.5) is 0 Å². The fraction of sp³-hybridized carbons (Fsp3) is 0.929. The van der Waals surface area contributed by atoms with E-state index in [1.165, 1.54) is 25.7 Å². The van der Waals surface area contributed by atoms with Gasteiger partial charge in [0.25, 0.3) is 0 Å². The van der Waals surface area contributed by atoms with E-state index in [2.05, 4.69) is 0 Å². The Morgan fingerprint density at radius 1 is 0.833 bits per heavy atom. The minimum absolute atomic E-state index is 0.129. The second-order valence-corrected chi connectivity index (χ2v) is 4.95. The number of carboxylic acids is 1. The number of unbranched alkanes of at least 4 members (excludes halogenated alkanes) is 8. The van der Waals surface area contributed by atoms with Crippen molar-refractivity contribution < 1.29 is 20.1 Å². The summed E-state index contributed by atoms with van der Waals surface area (Å²) in [6.45, 7) is -0.129. The maximum atomic E-state index is 10.3. The normalized spacial score (nSPS) is 12.6. The first-order valence-corrected chi connectivity index (χ1v) is 7.17. The molecule has 0 saturated heterocycles. The Morgan fingerprint density at radius 3 is 1.72 bits per heavy atom. The first kappa shape index (κ1) is 17.4. The van der Waals surface area contributed by atoms with E-state index in [-0.39, 0.29) is 6.61 Å². The molecule has 0 bridgehead atoms. The number of hydrogen-bond donors (Lipinski definition) is 3. The molecular formula is C14H28O4. The molecule has 0 fully saturated rings. The van der Waals surface area contributed by atoms with Crippen LogP contribution >= 0.6 is 0 Å². The predicted molar refractivity (Wildman–Crippen MR) is 71.5 cm³/mol. The van der Waals surface area contributed by atoms with E-state index in [9.17, 15) is 4.79 Å². The van der Waals surface area contributed by atoms with Gasteiger partial charge in [-0.25, -0.2) is 0 Å². The van der Waals surface area contributed by atoms with Crippen molar-refractivity contribution in [3.8, 4) is 0 Å². The quantitative estimate of drug-likeness (QED) is 0.445. The Labute approximate surface area is 110 Å². The number of aliphatic hydroxyl groups excluding tert-OH is 2. The average Bonchev–Trinajstić information content (AvgIpc) is 2.35. The zero-order valence-corrected chi connectivity index (χ0v) is 11.3. The molecule has 0 aromatic rings. The van der Waals surface area contributed by atoms with Crippen molar-refractivity contribution in [1.82, 2.24) is 0 Å². The van der Waals surface area contributed by atoms with Crippen LogP contribution in [0.25, 0.3) is 0 Å².